The van der Waals surface area contributed by atoms with Gasteiger partial charge in [-0.1, -0.05) is 6.42 Å². The summed E-state index contributed by atoms with van der Waals surface area (Å²) in [5.41, 5.74) is 0.660. The Labute approximate surface area is 120 Å². The number of rotatable bonds is 5. The summed E-state index contributed by atoms with van der Waals surface area (Å²) in [4.78, 5) is 2.46. The number of hydrogen-bond donors (Lipinski definition) is 1. The lowest BCUT2D eigenvalue weighted by Gasteiger charge is -2.30. The molecular formula is C16H24F2N2. The van der Waals surface area contributed by atoms with Crippen molar-refractivity contribution >= 4 is 0 Å². The Morgan fingerprint density at radius 2 is 1.65 bits per heavy atom. The quantitative estimate of drug-likeness (QED) is 0.889. The van der Waals surface area contributed by atoms with Gasteiger partial charge in [-0.3, -0.25) is 0 Å². The highest BCUT2D eigenvalue weighted by atomic mass is 19.1. The first-order valence-corrected chi connectivity index (χ1v) is 7.49. The molecule has 20 heavy (non-hydrogen) atoms. The van der Waals surface area contributed by atoms with E-state index in [0.29, 0.717) is 11.6 Å². The van der Waals surface area contributed by atoms with Crippen LogP contribution in [0.4, 0.5) is 8.78 Å². The molecule has 2 nitrogen and oxygen atoms in total. The number of hydrogen-bond acceptors (Lipinski definition) is 2. The van der Waals surface area contributed by atoms with Crippen molar-refractivity contribution in [2.45, 2.75) is 45.2 Å². The number of nitrogens with one attached hydrogen (secondary N) is 1. The monoisotopic (exact) mass is 282 g/mol. The minimum atomic E-state index is -0.516. The molecule has 4 heteroatoms. The number of nitrogens with zero attached hydrogens (tertiary/aromatic N) is 1. The lowest BCUT2D eigenvalue weighted by Crippen LogP contribution is -2.42. The summed E-state index contributed by atoms with van der Waals surface area (Å²) in [5.74, 6) is -1.03. The van der Waals surface area contributed by atoms with E-state index < -0.39 is 11.6 Å². The highest BCUT2D eigenvalue weighted by Crippen LogP contribution is 2.17. The van der Waals surface area contributed by atoms with Gasteiger partial charge in [0.05, 0.1) is 0 Å². The molecule has 0 aromatic heterocycles. The second-order valence-corrected chi connectivity index (χ2v) is 5.85. The molecule has 0 bridgehead atoms. The van der Waals surface area contributed by atoms with Crippen LogP contribution < -0.4 is 5.32 Å². The summed E-state index contributed by atoms with van der Waals surface area (Å²) in [6, 6.07) is 3.95. The van der Waals surface area contributed by atoms with E-state index >= 15 is 0 Å². The van der Waals surface area contributed by atoms with E-state index in [4.69, 9.17) is 0 Å². The molecule has 0 aliphatic carbocycles. The molecule has 1 N–H and O–H groups in total. The van der Waals surface area contributed by atoms with E-state index in [1.54, 1.807) is 0 Å². The molecule has 112 valence electrons. The third kappa shape index (κ3) is 4.53. The van der Waals surface area contributed by atoms with Crippen LogP contribution in [0.3, 0.4) is 0 Å². The Morgan fingerprint density at radius 3 is 2.25 bits per heavy atom. The summed E-state index contributed by atoms with van der Waals surface area (Å²) in [7, 11) is 0. The number of halogens is 2. The first-order chi connectivity index (χ1) is 9.54. The molecule has 0 saturated carbocycles. The fourth-order valence-corrected chi connectivity index (χ4v) is 2.93. The average Bonchev–Trinajstić information content (AvgIpc) is 2.38. The Hall–Kier alpha value is -1.00. The zero-order valence-corrected chi connectivity index (χ0v) is 12.3. The van der Waals surface area contributed by atoms with E-state index in [1.165, 1.54) is 31.4 Å². The minimum absolute atomic E-state index is 0.0556. The highest BCUT2D eigenvalue weighted by molar-refractivity contribution is 5.21. The van der Waals surface area contributed by atoms with E-state index in [9.17, 15) is 8.78 Å². The predicted octanol–water partition coefficient (Wildman–Crippen LogP) is 3.49. The SMILES string of the molecule is CC(CN1CCCCC1)NC(C)c1cc(F)cc(F)c1. The van der Waals surface area contributed by atoms with E-state index in [2.05, 4.69) is 17.1 Å². The second-order valence-electron chi connectivity index (χ2n) is 5.85. The van der Waals surface area contributed by atoms with Crippen molar-refractivity contribution in [3.63, 3.8) is 0 Å². The molecule has 1 fully saturated rings. The van der Waals surface area contributed by atoms with Gasteiger partial charge in [-0.05, 0) is 57.5 Å². The molecule has 1 aliphatic heterocycles. The van der Waals surface area contributed by atoms with Crippen LogP contribution in [0.2, 0.25) is 0 Å². The van der Waals surface area contributed by atoms with Crippen molar-refractivity contribution in [3.8, 4) is 0 Å². The van der Waals surface area contributed by atoms with Gasteiger partial charge in [0.15, 0.2) is 0 Å². The van der Waals surface area contributed by atoms with Crippen LogP contribution in [-0.4, -0.2) is 30.6 Å². The third-order valence-corrected chi connectivity index (χ3v) is 3.90. The van der Waals surface area contributed by atoms with Gasteiger partial charge in [0.2, 0.25) is 0 Å². The normalized spacial score (nSPS) is 19.8. The van der Waals surface area contributed by atoms with Crippen molar-refractivity contribution in [3.05, 3.63) is 35.4 Å². The maximum absolute atomic E-state index is 13.2. The first-order valence-electron chi connectivity index (χ1n) is 7.49. The van der Waals surface area contributed by atoms with Crippen LogP contribution in [0.25, 0.3) is 0 Å². The van der Waals surface area contributed by atoms with Crippen molar-refractivity contribution < 1.29 is 8.78 Å². The summed E-state index contributed by atoms with van der Waals surface area (Å²) < 4.78 is 26.4. The zero-order valence-electron chi connectivity index (χ0n) is 12.3. The van der Waals surface area contributed by atoms with Gasteiger partial charge < -0.3 is 10.2 Å². The van der Waals surface area contributed by atoms with Crippen molar-refractivity contribution in [2.24, 2.45) is 0 Å². The Balaban J connectivity index is 1.87. The lowest BCUT2D eigenvalue weighted by molar-refractivity contribution is 0.205. The predicted molar refractivity (Wildman–Crippen MR) is 77.7 cm³/mol. The minimum Gasteiger partial charge on any atom is -0.306 e. The molecule has 2 rings (SSSR count). The molecular weight excluding hydrogens is 258 g/mol. The molecule has 1 saturated heterocycles. The molecule has 1 aromatic carbocycles. The van der Waals surface area contributed by atoms with Crippen molar-refractivity contribution in [1.82, 2.24) is 10.2 Å². The molecule has 0 radical (unpaired) electrons. The highest BCUT2D eigenvalue weighted by Gasteiger charge is 2.16. The van der Waals surface area contributed by atoms with Crippen LogP contribution in [0, 0.1) is 11.6 Å². The molecule has 1 aromatic rings. The van der Waals surface area contributed by atoms with Crippen LogP contribution in [0.5, 0.6) is 0 Å². The first kappa shape index (κ1) is 15.4. The number of benzene rings is 1. The summed E-state index contributed by atoms with van der Waals surface area (Å²) in [6.07, 6.45) is 3.88. The molecule has 2 unspecified atom stereocenters. The Morgan fingerprint density at radius 1 is 1.05 bits per heavy atom. The molecule has 0 spiro atoms. The van der Waals surface area contributed by atoms with Crippen LogP contribution in [0.15, 0.2) is 18.2 Å². The van der Waals surface area contributed by atoms with E-state index in [0.717, 1.165) is 25.7 Å². The summed E-state index contributed by atoms with van der Waals surface area (Å²) >= 11 is 0. The molecule has 2 atom stereocenters. The fraction of sp³-hybridized carbons (Fsp3) is 0.625. The van der Waals surface area contributed by atoms with Gasteiger partial charge >= 0.3 is 0 Å². The van der Waals surface area contributed by atoms with Crippen molar-refractivity contribution in [1.29, 1.82) is 0 Å². The van der Waals surface area contributed by atoms with Gasteiger partial charge in [0.25, 0.3) is 0 Å². The van der Waals surface area contributed by atoms with Crippen molar-refractivity contribution in [2.75, 3.05) is 19.6 Å². The zero-order chi connectivity index (χ0) is 14.5. The largest absolute Gasteiger partial charge is 0.306 e. The smallest absolute Gasteiger partial charge is 0.126 e. The van der Waals surface area contributed by atoms with Gasteiger partial charge in [0.1, 0.15) is 11.6 Å². The maximum Gasteiger partial charge on any atom is 0.126 e. The number of piperidine rings is 1. The maximum atomic E-state index is 13.2. The van der Waals surface area contributed by atoms with Crippen LogP contribution >= 0.6 is 0 Å². The van der Waals surface area contributed by atoms with Gasteiger partial charge in [-0.15, -0.1) is 0 Å². The van der Waals surface area contributed by atoms with Crippen LogP contribution in [-0.2, 0) is 0 Å². The van der Waals surface area contributed by atoms with E-state index in [1.807, 2.05) is 6.92 Å². The van der Waals surface area contributed by atoms with E-state index in [-0.39, 0.29) is 6.04 Å². The van der Waals surface area contributed by atoms with Crippen LogP contribution in [0.1, 0.15) is 44.7 Å². The summed E-state index contributed by atoms with van der Waals surface area (Å²) in [5, 5.41) is 3.42. The number of likely N-dealkylation sites (tertiary alicyclic amines) is 1. The average molecular weight is 282 g/mol. The van der Waals surface area contributed by atoms with Gasteiger partial charge in [-0.2, -0.15) is 0 Å². The Kier molecular flexibility index (Phi) is 5.49. The van der Waals surface area contributed by atoms with Gasteiger partial charge in [-0.25, -0.2) is 8.78 Å². The second kappa shape index (κ2) is 7.14. The molecule has 1 heterocycles. The molecule has 0 amide bonds. The third-order valence-electron chi connectivity index (χ3n) is 3.90. The topological polar surface area (TPSA) is 15.3 Å². The lowest BCUT2D eigenvalue weighted by atomic mass is 10.1. The standard InChI is InChI=1S/C16H24F2N2/c1-12(11-20-6-4-3-5-7-20)19-13(2)14-8-15(17)10-16(18)9-14/h8-10,12-13,19H,3-7,11H2,1-2H3. The molecule has 1 aliphatic rings. The fourth-order valence-electron chi connectivity index (χ4n) is 2.93. The summed E-state index contributed by atoms with van der Waals surface area (Å²) in [6.45, 7) is 7.38. The Bertz CT molecular complexity index is 410. The van der Waals surface area contributed by atoms with Gasteiger partial charge in [0, 0.05) is 24.7 Å².